The van der Waals surface area contributed by atoms with Crippen LogP contribution in [0.2, 0.25) is 0 Å². The summed E-state index contributed by atoms with van der Waals surface area (Å²) in [5.74, 6) is 0. The highest BCUT2D eigenvalue weighted by Gasteiger charge is 2.19. The van der Waals surface area contributed by atoms with Gasteiger partial charge in [-0.05, 0) is 17.4 Å². The first kappa shape index (κ1) is 13.1. The van der Waals surface area contributed by atoms with Gasteiger partial charge in [0, 0.05) is 23.2 Å². The molecule has 0 amide bonds. The van der Waals surface area contributed by atoms with Crippen LogP contribution in [0.3, 0.4) is 0 Å². The molecule has 0 unspecified atom stereocenters. The summed E-state index contributed by atoms with van der Waals surface area (Å²) in [5, 5.41) is 19.7. The molecule has 5 heteroatoms. The lowest BCUT2D eigenvalue weighted by Gasteiger charge is -2.22. The Bertz CT molecular complexity index is 404. The maximum atomic E-state index is 10.6. The van der Waals surface area contributed by atoms with Crippen LogP contribution in [0.25, 0.3) is 0 Å². The molecule has 0 spiro atoms. The Labute approximate surface area is 103 Å². The van der Waals surface area contributed by atoms with Gasteiger partial charge < -0.3 is 5.11 Å². The molecule has 16 heavy (non-hydrogen) atoms. The number of aliphatic hydroxyl groups excluding tert-OH is 1. The third-order valence-electron chi connectivity index (χ3n) is 2.34. The third-order valence-corrected chi connectivity index (χ3v) is 3.08. The summed E-state index contributed by atoms with van der Waals surface area (Å²) in [6.07, 6.45) is 0.669. The Balaban J connectivity index is 2.96. The second-order valence-electron chi connectivity index (χ2n) is 4.53. The Morgan fingerprint density at radius 3 is 2.56 bits per heavy atom. The number of nitro benzene ring substituents is 1. The quantitative estimate of drug-likeness (QED) is 0.684. The minimum Gasteiger partial charge on any atom is -0.396 e. The summed E-state index contributed by atoms with van der Waals surface area (Å²) in [6, 6.07) is 4.69. The molecule has 0 radical (unpaired) electrons. The second-order valence-corrected chi connectivity index (χ2v) is 5.39. The molecule has 0 atom stereocenters. The van der Waals surface area contributed by atoms with Gasteiger partial charge in [-0.3, -0.25) is 10.1 Å². The molecular weight excluding hydrogens is 274 g/mol. The summed E-state index contributed by atoms with van der Waals surface area (Å²) in [6.45, 7) is 3.97. The van der Waals surface area contributed by atoms with E-state index in [2.05, 4.69) is 15.9 Å². The predicted octanol–water partition coefficient (Wildman–Crippen LogP) is 2.92. The van der Waals surface area contributed by atoms with Crippen LogP contribution < -0.4 is 0 Å². The zero-order chi connectivity index (χ0) is 12.3. The maximum Gasteiger partial charge on any atom is 0.270 e. The number of aliphatic hydroxyl groups is 1. The van der Waals surface area contributed by atoms with Crippen molar-refractivity contribution in [1.82, 2.24) is 0 Å². The lowest BCUT2D eigenvalue weighted by Crippen LogP contribution is -2.19. The predicted molar refractivity (Wildman–Crippen MR) is 65.4 cm³/mol. The van der Waals surface area contributed by atoms with E-state index >= 15 is 0 Å². The molecule has 0 fully saturated rings. The molecule has 88 valence electrons. The highest BCUT2D eigenvalue weighted by molar-refractivity contribution is 9.10. The first-order valence-electron chi connectivity index (χ1n) is 4.89. The Morgan fingerprint density at radius 2 is 2.12 bits per heavy atom. The van der Waals surface area contributed by atoms with E-state index in [1.807, 2.05) is 13.8 Å². The first-order valence-corrected chi connectivity index (χ1v) is 5.69. The Kier molecular flexibility index (Phi) is 4.04. The fourth-order valence-corrected chi connectivity index (χ4v) is 1.87. The zero-order valence-corrected chi connectivity index (χ0v) is 10.8. The number of hydrogen-bond donors (Lipinski definition) is 1. The topological polar surface area (TPSA) is 63.4 Å². The Morgan fingerprint density at radius 1 is 1.50 bits per heavy atom. The molecular formula is C11H14BrNO3. The van der Waals surface area contributed by atoms with Gasteiger partial charge >= 0.3 is 0 Å². The van der Waals surface area contributed by atoms with Gasteiger partial charge in [-0.2, -0.15) is 0 Å². The molecule has 0 bridgehead atoms. The van der Waals surface area contributed by atoms with E-state index in [1.165, 1.54) is 12.1 Å². The van der Waals surface area contributed by atoms with E-state index in [-0.39, 0.29) is 17.7 Å². The average Bonchev–Trinajstić information content (AvgIpc) is 2.20. The van der Waals surface area contributed by atoms with E-state index in [0.29, 0.717) is 10.9 Å². The van der Waals surface area contributed by atoms with Crippen molar-refractivity contribution in [2.24, 2.45) is 5.41 Å². The van der Waals surface area contributed by atoms with E-state index < -0.39 is 4.92 Å². The molecule has 0 aliphatic heterocycles. The molecule has 1 rings (SSSR count). The molecule has 1 aromatic carbocycles. The van der Waals surface area contributed by atoms with Crippen molar-refractivity contribution in [3.63, 3.8) is 0 Å². The monoisotopic (exact) mass is 287 g/mol. The summed E-state index contributed by atoms with van der Waals surface area (Å²) >= 11 is 3.31. The van der Waals surface area contributed by atoms with Gasteiger partial charge in [0.1, 0.15) is 0 Å². The largest absolute Gasteiger partial charge is 0.396 e. The minimum atomic E-state index is -0.425. The number of rotatable bonds is 4. The summed E-state index contributed by atoms with van der Waals surface area (Å²) in [7, 11) is 0. The lowest BCUT2D eigenvalue weighted by molar-refractivity contribution is -0.384. The normalized spacial score (nSPS) is 11.5. The first-order chi connectivity index (χ1) is 7.35. The van der Waals surface area contributed by atoms with Crippen molar-refractivity contribution in [3.8, 4) is 0 Å². The standard InChI is InChI=1S/C11H14BrNO3/c1-11(2,7-14)6-8-3-4-9(13(15)16)5-10(8)12/h3-5,14H,6-7H2,1-2H3. The fourth-order valence-electron chi connectivity index (χ4n) is 1.36. The zero-order valence-electron chi connectivity index (χ0n) is 9.24. The van der Waals surface area contributed by atoms with Gasteiger partial charge in [0.2, 0.25) is 0 Å². The number of nitrogens with zero attached hydrogens (tertiary/aromatic N) is 1. The average molecular weight is 288 g/mol. The number of benzene rings is 1. The van der Waals surface area contributed by atoms with Crippen LogP contribution in [-0.2, 0) is 6.42 Å². The van der Waals surface area contributed by atoms with Gasteiger partial charge in [-0.15, -0.1) is 0 Å². The molecule has 0 saturated carbocycles. The van der Waals surface area contributed by atoms with E-state index in [9.17, 15) is 10.1 Å². The number of non-ortho nitro benzene ring substituents is 1. The molecule has 0 aromatic heterocycles. The fraction of sp³-hybridized carbons (Fsp3) is 0.455. The number of nitro groups is 1. The maximum absolute atomic E-state index is 10.6. The molecule has 1 N–H and O–H groups in total. The molecule has 0 heterocycles. The van der Waals surface area contributed by atoms with Crippen molar-refractivity contribution in [1.29, 1.82) is 0 Å². The lowest BCUT2D eigenvalue weighted by atomic mass is 9.87. The summed E-state index contributed by atoms with van der Waals surface area (Å²) in [4.78, 5) is 10.1. The smallest absolute Gasteiger partial charge is 0.270 e. The van der Waals surface area contributed by atoms with E-state index in [1.54, 1.807) is 6.07 Å². The number of hydrogen-bond acceptors (Lipinski definition) is 3. The van der Waals surface area contributed by atoms with Crippen LogP contribution in [0.5, 0.6) is 0 Å². The molecule has 0 saturated heterocycles. The van der Waals surface area contributed by atoms with Gasteiger partial charge in [0.25, 0.3) is 5.69 Å². The van der Waals surface area contributed by atoms with Crippen molar-refractivity contribution >= 4 is 21.6 Å². The van der Waals surface area contributed by atoms with Crippen LogP contribution in [0, 0.1) is 15.5 Å². The van der Waals surface area contributed by atoms with Crippen LogP contribution in [0.1, 0.15) is 19.4 Å². The summed E-state index contributed by atoms with van der Waals surface area (Å²) in [5.41, 5.74) is 0.806. The number of halogens is 1. The van der Waals surface area contributed by atoms with Gasteiger partial charge in [0.15, 0.2) is 0 Å². The van der Waals surface area contributed by atoms with Gasteiger partial charge in [-0.25, -0.2) is 0 Å². The molecule has 4 nitrogen and oxygen atoms in total. The summed E-state index contributed by atoms with van der Waals surface area (Å²) < 4.78 is 0.711. The SMILES string of the molecule is CC(C)(CO)Cc1ccc([N+](=O)[O-])cc1Br. The van der Waals surface area contributed by atoms with Crippen LogP contribution in [0.15, 0.2) is 22.7 Å². The highest BCUT2D eigenvalue weighted by Crippen LogP contribution is 2.29. The van der Waals surface area contributed by atoms with Crippen LogP contribution >= 0.6 is 15.9 Å². The van der Waals surface area contributed by atoms with Crippen molar-refractivity contribution < 1.29 is 10.0 Å². The van der Waals surface area contributed by atoms with Crippen molar-refractivity contribution in [2.75, 3.05) is 6.61 Å². The minimum absolute atomic E-state index is 0.0671. The second kappa shape index (κ2) is 4.93. The highest BCUT2D eigenvalue weighted by atomic mass is 79.9. The van der Waals surface area contributed by atoms with Gasteiger partial charge in [-0.1, -0.05) is 35.8 Å². The van der Waals surface area contributed by atoms with Crippen LogP contribution in [-0.4, -0.2) is 16.6 Å². The van der Waals surface area contributed by atoms with Gasteiger partial charge in [0.05, 0.1) is 4.92 Å². The third kappa shape index (κ3) is 3.28. The van der Waals surface area contributed by atoms with E-state index in [0.717, 1.165) is 5.56 Å². The van der Waals surface area contributed by atoms with Crippen LogP contribution in [0.4, 0.5) is 5.69 Å². The molecule has 0 aliphatic rings. The molecule has 0 aliphatic carbocycles. The Hall–Kier alpha value is -0.940. The van der Waals surface area contributed by atoms with Crippen molar-refractivity contribution in [2.45, 2.75) is 20.3 Å². The van der Waals surface area contributed by atoms with E-state index in [4.69, 9.17) is 5.11 Å². The van der Waals surface area contributed by atoms with Crippen molar-refractivity contribution in [3.05, 3.63) is 38.3 Å². The molecule has 1 aromatic rings.